The van der Waals surface area contributed by atoms with Crippen molar-refractivity contribution in [2.24, 2.45) is 5.92 Å². The van der Waals surface area contributed by atoms with E-state index in [2.05, 4.69) is 0 Å². The van der Waals surface area contributed by atoms with Crippen molar-refractivity contribution in [3.8, 4) is 0 Å². The van der Waals surface area contributed by atoms with E-state index in [1.165, 1.54) is 12.1 Å². The summed E-state index contributed by atoms with van der Waals surface area (Å²) in [5.74, 6) is -0.998. The number of benzene rings is 1. The summed E-state index contributed by atoms with van der Waals surface area (Å²) in [7, 11) is -3.12. The highest BCUT2D eigenvalue weighted by molar-refractivity contribution is 7.91. The van der Waals surface area contributed by atoms with Gasteiger partial charge in [-0.1, -0.05) is 34.8 Å². The lowest BCUT2D eigenvalue weighted by atomic mass is 9.97. The number of rotatable bonds is 2. The molecule has 1 aliphatic heterocycles. The molecule has 98 valence electrons. The molecule has 0 radical (unpaired) electrons. The average molecular weight is 328 g/mol. The Morgan fingerprint density at radius 3 is 2.17 bits per heavy atom. The van der Waals surface area contributed by atoms with Gasteiger partial charge in [-0.3, -0.25) is 4.79 Å². The SMILES string of the molecule is O=C(c1c(Cl)cc(Cl)cc1Cl)C1CCS(=O)(=O)C1. The fraction of sp³-hybridized carbons (Fsp3) is 0.364. The Morgan fingerprint density at radius 2 is 1.72 bits per heavy atom. The van der Waals surface area contributed by atoms with E-state index in [9.17, 15) is 13.2 Å². The van der Waals surface area contributed by atoms with Gasteiger partial charge < -0.3 is 0 Å². The van der Waals surface area contributed by atoms with Crippen LogP contribution in [0.1, 0.15) is 16.8 Å². The first-order valence-corrected chi connectivity index (χ1v) is 8.15. The molecule has 0 aliphatic carbocycles. The second kappa shape index (κ2) is 5.00. The Balaban J connectivity index is 2.36. The predicted molar refractivity (Wildman–Crippen MR) is 72.6 cm³/mol. The zero-order valence-corrected chi connectivity index (χ0v) is 12.2. The lowest BCUT2D eigenvalue weighted by Gasteiger charge is -2.10. The van der Waals surface area contributed by atoms with E-state index in [4.69, 9.17) is 34.8 Å². The molecule has 1 unspecified atom stereocenters. The van der Waals surface area contributed by atoms with Crippen molar-refractivity contribution in [3.05, 3.63) is 32.8 Å². The number of sulfone groups is 1. The summed E-state index contributed by atoms with van der Waals surface area (Å²) in [5.41, 5.74) is 0.157. The van der Waals surface area contributed by atoms with Gasteiger partial charge in [-0.2, -0.15) is 0 Å². The standard InChI is InChI=1S/C11H9Cl3O3S/c12-7-3-8(13)10(9(14)4-7)11(15)6-1-2-18(16,17)5-6/h3-4,6H,1-2,5H2. The van der Waals surface area contributed by atoms with Gasteiger partial charge in [0.25, 0.3) is 0 Å². The molecule has 2 rings (SSSR count). The van der Waals surface area contributed by atoms with Gasteiger partial charge in [0, 0.05) is 10.9 Å². The molecule has 0 N–H and O–H groups in total. The minimum Gasteiger partial charge on any atom is -0.294 e. The highest BCUT2D eigenvalue weighted by atomic mass is 35.5. The minimum absolute atomic E-state index is 0.0340. The fourth-order valence-electron chi connectivity index (χ4n) is 1.98. The third-order valence-electron chi connectivity index (χ3n) is 2.86. The zero-order valence-electron chi connectivity index (χ0n) is 9.12. The number of hydrogen-bond acceptors (Lipinski definition) is 3. The van der Waals surface area contributed by atoms with E-state index in [0.29, 0.717) is 11.4 Å². The van der Waals surface area contributed by atoms with Gasteiger partial charge in [-0.15, -0.1) is 0 Å². The molecule has 1 aliphatic rings. The van der Waals surface area contributed by atoms with Gasteiger partial charge >= 0.3 is 0 Å². The highest BCUT2D eigenvalue weighted by Gasteiger charge is 2.35. The molecule has 0 bridgehead atoms. The van der Waals surface area contributed by atoms with Crippen molar-refractivity contribution in [3.63, 3.8) is 0 Å². The van der Waals surface area contributed by atoms with Crippen LogP contribution in [0.25, 0.3) is 0 Å². The number of halogens is 3. The molecule has 1 fully saturated rings. The van der Waals surface area contributed by atoms with E-state index < -0.39 is 15.8 Å². The van der Waals surface area contributed by atoms with E-state index in [-0.39, 0.29) is 32.9 Å². The Hall–Kier alpha value is -0.290. The molecule has 0 aromatic heterocycles. The molecular formula is C11H9Cl3O3S. The Kier molecular flexibility index (Phi) is 3.93. The van der Waals surface area contributed by atoms with Gasteiger partial charge in [-0.05, 0) is 18.6 Å². The number of carbonyl (C=O) groups excluding carboxylic acids is 1. The van der Waals surface area contributed by atoms with Gasteiger partial charge in [0.2, 0.25) is 0 Å². The van der Waals surface area contributed by atoms with Crippen molar-refractivity contribution in [2.75, 3.05) is 11.5 Å². The first-order chi connectivity index (χ1) is 8.30. The van der Waals surface area contributed by atoms with Crippen molar-refractivity contribution in [1.82, 2.24) is 0 Å². The Labute approximate surface area is 120 Å². The van der Waals surface area contributed by atoms with E-state index in [1.807, 2.05) is 0 Å². The van der Waals surface area contributed by atoms with Crippen LogP contribution in [0.2, 0.25) is 15.1 Å². The molecule has 3 nitrogen and oxygen atoms in total. The molecule has 1 aromatic carbocycles. The first-order valence-electron chi connectivity index (χ1n) is 5.19. The number of Topliss-reactive ketones (excluding diaryl/α,β-unsaturated/α-hetero) is 1. The predicted octanol–water partition coefficient (Wildman–Crippen LogP) is 3.26. The first kappa shape index (κ1) is 14.1. The van der Waals surface area contributed by atoms with Crippen molar-refractivity contribution in [2.45, 2.75) is 6.42 Å². The minimum atomic E-state index is -3.12. The van der Waals surface area contributed by atoms with Gasteiger partial charge in [0.05, 0.1) is 27.1 Å². The van der Waals surface area contributed by atoms with E-state index in [1.54, 1.807) is 0 Å². The van der Waals surface area contributed by atoms with Crippen LogP contribution in [0, 0.1) is 5.92 Å². The summed E-state index contributed by atoms with van der Waals surface area (Å²) >= 11 is 17.6. The summed E-state index contributed by atoms with van der Waals surface area (Å²) in [4.78, 5) is 12.2. The lowest BCUT2D eigenvalue weighted by molar-refractivity contribution is 0.0933. The van der Waals surface area contributed by atoms with E-state index >= 15 is 0 Å². The molecule has 1 aromatic rings. The van der Waals surface area contributed by atoms with Crippen LogP contribution in [-0.2, 0) is 9.84 Å². The van der Waals surface area contributed by atoms with Crippen LogP contribution in [0.5, 0.6) is 0 Å². The van der Waals surface area contributed by atoms with Crippen LogP contribution in [0.4, 0.5) is 0 Å². The molecule has 1 saturated heterocycles. The topological polar surface area (TPSA) is 51.2 Å². The monoisotopic (exact) mass is 326 g/mol. The summed E-state index contributed by atoms with van der Waals surface area (Å²) in [6, 6.07) is 2.84. The van der Waals surface area contributed by atoms with Gasteiger partial charge in [-0.25, -0.2) is 8.42 Å². The highest BCUT2D eigenvalue weighted by Crippen LogP contribution is 2.33. The fourth-order valence-corrected chi connectivity index (χ4v) is 4.73. The maximum atomic E-state index is 12.2. The Bertz CT molecular complexity index is 587. The van der Waals surface area contributed by atoms with Crippen LogP contribution in [0.15, 0.2) is 12.1 Å². The molecule has 1 atom stereocenters. The average Bonchev–Trinajstić information content (AvgIpc) is 2.57. The smallest absolute Gasteiger partial charge is 0.169 e. The normalized spacial score (nSPS) is 22.1. The largest absolute Gasteiger partial charge is 0.294 e. The summed E-state index contributed by atoms with van der Waals surface area (Å²) in [6.45, 7) is 0. The maximum absolute atomic E-state index is 12.2. The van der Waals surface area contributed by atoms with Crippen molar-refractivity contribution >= 4 is 50.4 Å². The summed E-state index contributed by atoms with van der Waals surface area (Å²) < 4.78 is 22.7. The third kappa shape index (κ3) is 2.82. The van der Waals surface area contributed by atoms with Crippen LogP contribution in [-0.4, -0.2) is 25.7 Å². The third-order valence-corrected chi connectivity index (χ3v) is 5.44. The van der Waals surface area contributed by atoms with Gasteiger partial charge in [0.15, 0.2) is 15.6 Å². The lowest BCUT2D eigenvalue weighted by Crippen LogP contribution is -2.17. The number of carbonyl (C=O) groups is 1. The van der Waals surface area contributed by atoms with Crippen molar-refractivity contribution in [1.29, 1.82) is 0 Å². The van der Waals surface area contributed by atoms with Crippen LogP contribution >= 0.6 is 34.8 Å². The molecule has 1 heterocycles. The molecular weight excluding hydrogens is 319 g/mol. The summed E-state index contributed by atoms with van der Waals surface area (Å²) in [5, 5.41) is 0.643. The molecule has 18 heavy (non-hydrogen) atoms. The Morgan fingerprint density at radius 1 is 1.17 bits per heavy atom. The van der Waals surface area contributed by atoms with Crippen LogP contribution < -0.4 is 0 Å². The molecule has 7 heteroatoms. The zero-order chi connectivity index (χ0) is 13.5. The van der Waals surface area contributed by atoms with Crippen LogP contribution in [0.3, 0.4) is 0 Å². The number of ketones is 1. The van der Waals surface area contributed by atoms with Crippen molar-refractivity contribution < 1.29 is 13.2 Å². The molecule has 0 amide bonds. The second-order valence-corrected chi connectivity index (χ2v) is 7.69. The maximum Gasteiger partial charge on any atom is 0.169 e. The second-order valence-electron chi connectivity index (χ2n) is 4.21. The van der Waals surface area contributed by atoms with E-state index in [0.717, 1.165) is 0 Å². The molecule has 0 spiro atoms. The molecule has 0 saturated carbocycles. The quantitative estimate of drug-likeness (QED) is 0.783. The summed E-state index contributed by atoms with van der Waals surface area (Å²) in [6.07, 6.45) is 0.316. The number of hydrogen-bond donors (Lipinski definition) is 0. The van der Waals surface area contributed by atoms with Gasteiger partial charge in [0.1, 0.15) is 0 Å².